The number of nitrogens with zero attached hydrogens (tertiary/aromatic N) is 5. The fraction of sp³-hybridized carbons (Fsp3) is 0. The Hall–Kier alpha value is -5.81. The van der Waals surface area contributed by atoms with Crippen LogP contribution in [0.2, 0.25) is 0 Å². The fourth-order valence-corrected chi connectivity index (χ4v) is 6.07. The molecule has 9 rings (SSSR count). The van der Waals surface area contributed by atoms with Gasteiger partial charge in [0, 0.05) is 50.3 Å². The van der Waals surface area contributed by atoms with Gasteiger partial charge in [0.1, 0.15) is 0 Å². The van der Waals surface area contributed by atoms with Gasteiger partial charge in [-0.2, -0.15) is 0 Å². The summed E-state index contributed by atoms with van der Waals surface area (Å²) < 4.78 is 0. The molecule has 0 aliphatic heterocycles. The molecule has 0 aliphatic rings. The zero-order chi connectivity index (χ0) is 27.6. The van der Waals surface area contributed by atoms with Gasteiger partial charge in [-0.1, -0.05) is 91.0 Å². The van der Waals surface area contributed by atoms with E-state index in [1.165, 1.54) is 0 Å². The Labute approximate surface area is 240 Å². The predicted octanol–water partition coefficient (Wildman–Crippen LogP) is 8.91. The molecule has 0 radical (unpaired) electrons. The second-order valence-corrected chi connectivity index (χ2v) is 10.5. The third kappa shape index (κ3) is 3.40. The molecule has 0 saturated heterocycles. The third-order valence-electron chi connectivity index (χ3n) is 8.11. The molecule has 9 aromatic rings. The van der Waals surface area contributed by atoms with E-state index in [4.69, 9.17) is 19.9 Å². The Bertz CT molecular complexity index is 2520. The molecule has 0 atom stereocenters. The van der Waals surface area contributed by atoms with E-state index >= 15 is 0 Å². The highest BCUT2D eigenvalue weighted by atomic mass is 14.8. The number of benzene rings is 4. The second kappa shape index (κ2) is 8.85. The third-order valence-corrected chi connectivity index (χ3v) is 8.11. The van der Waals surface area contributed by atoms with Crippen LogP contribution in [0.15, 0.2) is 128 Å². The maximum absolute atomic E-state index is 5.31. The van der Waals surface area contributed by atoms with Crippen molar-refractivity contribution in [3.8, 4) is 22.6 Å². The van der Waals surface area contributed by atoms with Crippen molar-refractivity contribution >= 4 is 65.3 Å². The molecular formula is C37H21N5. The molecule has 0 fully saturated rings. The maximum atomic E-state index is 5.31. The molecule has 4 aromatic carbocycles. The van der Waals surface area contributed by atoms with Crippen molar-refractivity contribution in [3.05, 3.63) is 128 Å². The zero-order valence-corrected chi connectivity index (χ0v) is 22.4. The summed E-state index contributed by atoms with van der Waals surface area (Å²) in [5, 5.41) is 7.28. The van der Waals surface area contributed by atoms with Gasteiger partial charge in [-0.05, 0) is 29.7 Å². The van der Waals surface area contributed by atoms with E-state index in [2.05, 4.69) is 96.0 Å². The summed E-state index contributed by atoms with van der Waals surface area (Å²) in [6, 6.07) is 39.5. The van der Waals surface area contributed by atoms with Gasteiger partial charge in [-0.3, -0.25) is 9.97 Å². The number of hydrogen-bond acceptors (Lipinski definition) is 5. The molecule has 5 heteroatoms. The van der Waals surface area contributed by atoms with E-state index in [0.717, 1.165) is 87.9 Å². The average Bonchev–Trinajstić information content (AvgIpc) is 3.07. The summed E-state index contributed by atoms with van der Waals surface area (Å²) in [6.45, 7) is 0. The van der Waals surface area contributed by atoms with Crippen LogP contribution in [0.3, 0.4) is 0 Å². The Kier molecular flexibility index (Phi) is 4.83. The van der Waals surface area contributed by atoms with Gasteiger partial charge in [0.15, 0.2) is 0 Å². The quantitative estimate of drug-likeness (QED) is 0.207. The van der Waals surface area contributed by atoms with Crippen molar-refractivity contribution < 1.29 is 0 Å². The summed E-state index contributed by atoms with van der Waals surface area (Å²) in [6.07, 6.45) is 3.74. The van der Waals surface area contributed by atoms with Gasteiger partial charge in [-0.15, -0.1) is 0 Å². The van der Waals surface area contributed by atoms with Gasteiger partial charge >= 0.3 is 0 Å². The standard InChI is InChI=1S/C37H21N5/c1-2-7-22(8-3-1)30-18-15-24-12-13-25-16-19-31(41-34(25)33(24)40-30)36-27-11-5-4-10-26(27)29-21-39-37-28(35(29)42-36)17-14-23-9-6-20-38-32(23)37/h1-21H. The molecule has 0 saturated carbocycles. The van der Waals surface area contributed by atoms with Crippen molar-refractivity contribution in [2.45, 2.75) is 0 Å². The number of rotatable bonds is 2. The SMILES string of the molecule is c1ccc(-c2ccc3ccc4ccc(-c5nc6c(cnc7c6ccc6cccnc67)c6ccccc56)nc4c3n2)cc1. The summed E-state index contributed by atoms with van der Waals surface area (Å²) >= 11 is 0. The zero-order valence-electron chi connectivity index (χ0n) is 22.4. The van der Waals surface area contributed by atoms with Gasteiger partial charge in [0.05, 0.1) is 44.7 Å². The first-order valence-corrected chi connectivity index (χ1v) is 13.9. The molecule has 0 bridgehead atoms. The van der Waals surface area contributed by atoms with Gasteiger partial charge < -0.3 is 0 Å². The van der Waals surface area contributed by atoms with Crippen LogP contribution < -0.4 is 0 Å². The van der Waals surface area contributed by atoms with Crippen molar-refractivity contribution in [1.82, 2.24) is 24.9 Å². The lowest BCUT2D eigenvalue weighted by molar-refractivity contribution is 1.32. The van der Waals surface area contributed by atoms with Crippen LogP contribution >= 0.6 is 0 Å². The smallest absolute Gasteiger partial charge is 0.0986 e. The molecule has 0 spiro atoms. The molecule has 0 aliphatic carbocycles. The van der Waals surface area contributed by atoms with E-state index in [-0.39, 0.29) is 0 Å². The Balaban J connectivity index is 1.34. The van der Waals surface area contributed by atoms with Crippen LogP contribution in [0.5, 0.6) is 0 Å². The number of hydrogen-bond donors (Lipinski definition) is 0. The normalized spacial score (nSPS) is 11.8. The lowest BCUT2D eigenvalue weighted by Crippen LogP contribution is -1.96. The summed E-state index contributed by atoms with van der Waals surface area (Å²) in [7, 11) is 0. The highest BCUT2D eigenvalue weighted by Gasteiger charge is 2.16. The number of fused-ring (bicyclic) bond motifs is 10. The van der Waals surface area contributed by atoms with Crippen LogP contribution in [-0.2, 0) is 0 Å². The highest BCUT2D eigenvalue weighted by Crippen LogP contribution is 2.36. The van der Waals surface area contributed by atoms with E-state index in [1.54, 1.807) is 0 Å². The summed E-state index contributed by atoms with van der Waals surface area (Å²) in [5.41, 5.74) is 8.03. The second-order valence-electron chi connectivity index (χ2n) is 10.5. The molecule has 0 amide bonds. The molecule has 5 aromatic heterocycles. The lowest BCUT2D eigenvalue weighted by Gasteiger charge is -2.13. The average molecular weight is 536 g/mol. The molecule has 0 N–H and O–H groups in total. The minimum absolute atomic E-state index is 0.809. The number of aromatic nitrogens is 5. The Morgan fingerprint density at radius 3 is 1.86 bits per heavy atom. The van der Waals surface area contributed by atoms with E-state index in [0.29, 0.717) is 0 Å². The molecule has 5 heterocycles. The van der Waals surface area contributed by atoms with E-state index < -0.39 is 0 Å². The van der Waals surface area contributed by atoms with Crippen LogP contribution in [0.4, 0.5) is 0 Å². The Morgan fingerprint density at radius 2 is 1.02 bits per heavy atom. The van der Waals surface area contributed by atoms with Gasteiger partial charge in [0.2, 0.25) is 0 Å². The summed E-state index contributed by atoms with van der Waals surface area (Å²) in [5.74, 6) is 0. The summed E-state index contributed by atoms with van der Waals surface area (Å²) in [4.78, 5) is 25.2. The molecule has 42 heavy (non-hydrogen) atoms. The van der Waals surface area contributed by atoms with Crippen LogP contribution in [-0.4, -0.2) is 24.9 Å². The topological polar surface area (TPSA) is 64.5 Å². The molecule has 5 nitrogen and oxygen atoms in total. The molecule has 194 valence electrons. The van der Waals surface area contributed by atoms with E-state index in [9.17, 15) is 0 Å². The Morgan fingerprint density at radius 1 is 0.357 bits per heavy atom. The minimum Gasteiger partial charge on any atom is -0.254 e. The van der Waals surface area contributed by atoms with Gasteiger partial charge in [-0.25, -0.2) is 15.0 Å². The van der Waals surface area contributed by atoms with Crippen LogP contribution in [0.1, 0.15) is 0 Å². The monoisotopic (exact) mass is 535 g/mol. The predicted molar refractivity (Wildman–Crippen MR) is 171 cm³/mol. The molecule has 0 unspecified atom stereocenters. The first kappa shape index (κ1) is 22.9. The first-order chi connectivity index (χ1) is 20.8. The first-order valence-electron chi connectivity index (χ1n) is 13.9. The van der Waals surface area contributed by atoms with E-state index in [1.807, 2.05) is 36.7 Å². The largest absolute Gasteiger partial charge is 0.254 e. The van der Waals surface area contributed by atoms with Crippen molar-refractivity contribution in [2.24, 2.45) is 0 Å². The number of pyridine rings is 5. The minimum atomic E-state index is 0.809. The molecular weight excluding hydrogens is 514 g/mol. The fourth-order valence-electron chi connectivity index (χ4n) is 6.07. The van der Waals surface area contributed by atoms with Crippen molar-refractivity contribution in [2.75, 3.05) is 0 Å². The van der Waals surface area contributed by atoms with Crippen molar-refractivity contribution in [1.29, 1.82) is 0 Å². The van der Waals surface area contributed by atoms with Crippen molar-refractivity contribution in [3.63, 3.8) is 0 Å². The van der Waals surface area contributed by atoms with Crippen LogP contribution in [0.25, 0.3) is 87.9 Å². The lowest BCUT2D eigenvalue weighted by atomic mass is 10.0. The van der Waals surface area contributed by atoms with Gasteiger partial charge in [0.25, 0.3) is 0 Å². The maximum Gasteiger partial charge on any atom is 0.0986 e. The van der Waals surface area contributed by atoms with Crippen LogP contribution in [0, 0.1) is 0 Å². The highest BCUT2D eigenvalue weighted by molar-refractivity contribution is 6.20.